The molecule has 0 atom stereocenters. The standard InChI is InChI=1S/C37H50N2O4/c1-9-10-11-12-13-24-43-32-25-28(18-23-31(32)42-8)33(38-34(40)26-14-19-29(20-15-26)36(2,3)4)39-35(41)27-16-21-30(22-17-27)37(5,6)7/h14-23,25,33H,9-13,24H2,1-8H3,(H,38,40)(H,39,41). The van der Waals surface area contributed by atoms with Gasteiger partial charge in [-0.3, -0.25) is 9.59 Å². The first-order valence-corrected chi connectivity index (χ1v) is 15.5. The Bertz CT molecular complexity index is 1260. The largest absolute Gasteiger partial charge is 0.493 e. The zero-order valence-corrected chi connectivity index (χ0v) is 27.3. The lowest BCUT2D eigenvalue weighted by Gasteiger charge is -2.23. The van der Waals surface area contributed by atoms with Gasteiger partial charge in [0.25, 0.3) is 11.8 Å². The van der Waals surface area contributed by atoms with Gasteiger partial charge in [0.2, 0.25) is 0 Å². The summed E-state index contributed by atoms with van der Waals surface area (Å²) in [6.07, 6.45) is 4.84. The fraction of sp³-hybridized carbons (Fsp3) is 0.459. The number of carbonyl (C=O) groups excluding carboxylic acids is 2. The molecule has 43 heavy (non-hydrogen) atoms. The number of ether oxygens (including phenoxy) is 2. The van der Waals surface area contributed by atoms with Crippen LogP contribution in [0.1, 0.15) is 124 Å². The summed E-state index contributed by atoms with van der Waals surface area (Å²) in [6.45, 7) is 15.6. The maximum absolute atomic E-state index is 13.4. The summed E-state index contributed by atoms with van der Waals surface area (Å²) in [7, 11) is 1.60. The number of carbonyl (C=O) groups is 2. The Morgan fingerprint density at radius 2 is 1.16 bits per heavy atom. The molecule has 0 spiro atoms. The number of nitrogens with one attached hydrogen (secondary N) is 2. The van der Waals surface area contributed by atoms with Crippen LogP contribution in [-0.2, 0) is 10.8 Å². The molecule has 0 unspecified atom stereocenters. The van der Waals surface area contributed by atoms with Crippen LogP contribution < -0.4 is 20.1 Å². The highest BCUT2D eigenvalue weighted by molar-refractivity contribution is 5.97. The fourth-order valence-electron chi connectivity index (χ4n) is 4.75. The van der Waals surface area contributed by atoms with E-state index in [1.54, 1.807) is 7.11 Å². The number of methoxy groups -OCH3 is 1. The van der Waals surface area contributed by atoms with Crippen molar-refractivity contribution in [1.82, 2.24) is 10.6 Å². The third-order valence-electron chi connectivity index (χ3n) is 7.60. The maximum atomic E-state index is 13.4. The maximum Gasteiger partial charge on any atom is 0.253 e. The van der Waals surface area contributed by atoms with Crippen molar-refractivity contribution in [2.24, 2.45) is 0 Å². The summed E-state index contributed by atoms with van der Waals surface area (Å²) < 4.78 is 11.7. The molecule has 0 radical (unpaired) electrons. The number of hydrogen-bond acceptors (Lipinski definition) is 4. The van der Waals surface area contributed by atoms with Crippen LogP contribution in [0.3, 0.4) is 0 Å². The lowest BCUT2D eigenvalue weighted by atomic mass is 9.86. The van der Waals surface area contributed by atoms with Crippen molar-refractivity contribution in [3.05, 3.63) is 94.5 Å². The molecule has 0 aliphatic carbocycles. The highest BCUT2D eigenvalue weighted by atomic mass is 16.5. The minimum Gasteiger partial charge on any atom is -0.493 e. The van der Waals surface area contributed by atoms with E-state index in [1.807, 2.05) is 66.7 Å². The van der Waals surface area contributed by atoms with E-state index in [2.05, 4.69) is 59.1 Å². The van der Waals surface area contributed by atoms with Gasteiger partial charge in [0.1, 0.15) is 6.17 Å². The third-order valence-corrected chi connectivity index (χ3v) is 7.60. The summed E-state index contributed by atoms with van der Waals surface area (Å²) in [5, 5.41) is 6.06. The number of amides is 2. The molecule has 6 nitrogen and oxygen atoms in total. The van der Waals surface area contributed by atoms with Crippen LogP contribution in [0.25, 0.3) is 0 Å². The van der Waals surface area contributed by atoms with E-state index in [9.17, 15) is 9.59 Å². The van der Waals surface area contributed by atoms with Crippen LogP contribution in [0.2, 0.25) is 0 Å². The van der Waals surface area contributed by atoms with Crippen LogP contribution in [0.4, 0.5) is 0 Å². The second-order valence-corrected chi connectivity index (χ2v) is 13.2. The van der Waals surface area contributed by atoms with E-state index >= 15 is 0 Å². The molecule has 3 aromatic rings. The van der Waals surface area contributed by atoms with E-state index < -0.39 is 6.17 Å². The molecule has 3 rings (SSSR count). The van der Waals surface area contributed by atoms with Crippen LogP contribution in [-0.4, -0.2) is 25.5 Å². The normalized spacial score (nSPS) is 11.7. The molecule has 0 aliphatic rings. The molecule has 6 heteroatoms. The Labute approximate surface area is 258 Å². The van der Waals surface area contributed by atoms with Crippen LogP contribution in [0.15, 0.2) is 66.7 Å². The van der Waals surface area contributed by atoms with Gasteiger partial charge in [0.15, 0.2) is 11.5 Å². The molecule has 232 valence electrons. The fourth-order valence-corrected chi connectivity index (χ4v) is 4.75. The van der Waals surface area contributed by atoms with E-state index in [0.29, 0.717) is 34.8 Å². The van der Waals surface area contributed by atoms with Crippen molar-refractivity contribution in [2.75, 3.05) is 13.7 Å². The van der Waals surface area contributed by atoms with Crippen molar-refractivity contribution < 1.29 is 19.1 Å². The Morgan fingerprint density at radius 3 is 1.60 bits per heavy atom. The molecule has 0 fully saturated rings. The first-order chi connectivity index (χ1) is 20.3. The molecule has 0 heterocycles. The van der Waals surface area contributed by atoms with Gasteiger partial charge in [-0.1, -0.05) is 104 Å². The Morgan fingerprint density at radius 1 is 0.674 bits per heavy atom. The molecule has 0 aromatic heterocycles. The van der Waals surface area contributed by atoms with Gasteiger partial charge < -0.3 is 20.1 Å². The SMILES string of the molecule is CCCCCCCOc1cc(C(NC(=O)c2ccc(C(C)(C)C)cc2)NC(=O)c2ccc(C(C)(C)C)cc2)ccc1OC. The average molecular weight is 587 g/mol. The van der Waals surface area contributed by atoms with E-state index in [4.69, 9.17) is 9.47 Å². The molecule has 0 aliphatic heterocycles. The van der Waals surface area contributed by atoms with Gasteiger partial charge in [0, 0.05) is 11.1 Å². The number of unbranched alkanes of at least 4 members (excludes halogenated alkanes) is 4. The topological polar surface area (TPSA) is 76.7 Å². The molecule has 0 saturated carbocycles. The number of hydrogen-bond donors (Lipinski definition) is 2. The summed E-state index contributed by atoms with van der Waals surface area (Å²) >= 11 is 0. The smallest absolute Gasteiger partial charge is 0.253 e. The van der Waals surface area contributed by atoms with Gasteiger partial charge in [-0.25, -0.2) is 0 Å². The predicted molar refractivity (Wildman–Crippen MR) is 175 cm³/mol. The second kappa shape index (κ2) is 15.1. The van der Waals surface area contributed by atoms with Crippen LogP contribution >= 0.6 is 0 Å². The average Bonchev–Trinajstić information content (AvgIpc) is 2.97. The highest BCUT2D eigenvalue weighted by Crippen LogP contribution is 2.31. The van der Waals surface area contributed by atoms with Crippen molar-refractivity contribution >= 4 is 11.8 Å². The third kappa shape index (κ3) is 9.87. The van der Waals surface area contributed by atoms with Gasteiger partial charge in [-0.2, -0.15) is 0 Å². The number of rotatable bonds is 13. The summed E-state index contributed by atoms with van der Waals surface area (Å²) in [6, 6.07) is 20.6. The zero-order valence-electron chi connectivity index (χ0n) is 27.3. The minimum atomic E-state index is -0.803. The van der Waals surface area contributed by atoms with E-state index in [-0.39, 0.29) is 22.6 Å². The van der Waals surface area contributed by atoms with Crippen molar-refractivity contribution in [3.8, 4) is 11.5 Å². The molecule has 0 bridgehead atoms. The summed E-state index contributed by atoms with van der Waals surface area (Å²) in [5.41, 5.74) is 3.94. The Hall–Kier alpha value is -3.80. The molecule has 3 aromatic carbocycles. The Balaban J connectivity index is 1.87. The lowest BCUT2D eigenvalue weighted by molar-refractivity contribution is 0.0883. The van der Waals surface area contributed by atoms with E-state index in [0.717, 1.165) is 24.0 Å². The molecule has 2 N–H and O–H groups in total. The van der Waals surface area contributed by atoms with Crippen molar-refractivity contribution in [1.29, 1.82) is 0 Å². The van der Waals surface area contributed by atoms with Gasteiger partial charge in [-0.15, -0.1) is 0 Å². The molecule has 0 saturated heterocycles. The second-order valence-electron chi connectivity index (χ2n) is 13.2. The van der Waals surface area contributed by atoms with Crippen molar-refractivity contribution in [2.45, 2.75) is 97.6 Å². The molecule has 2 amide bonds. The van der Waals surface area contributed by atoms with Crippen molar-refractivity contribution in [3.63, 3.8) is 0 Å². The quantitative estimate of drug-likeness (QED) is 0.156. The Kier molecular flexibility index (Phi) is 11.8. The van der Waals surface area contributed by atoms with E-state index in [1.165, 1.54) is 19.3 Å². The lowest BCUT2D eigenvalue weighted by Crippen LogP contribution is -2.41. The number of benzene rings is 3. The summed E-state index contributed by atoms with van der Waals surface area (Å²) in [5.74, 6) is 0.600. The zero-order chi connectivity index (χ0) is 31.6. The predicted octanol–water partition coefficient (Wildman–Crippen LogP) is 8.50. The van der Waals surface area contributed by atoms with Gasteiger partial charge in [0.05, 0.1) is 13.7 Å². The monoisotopic (exact) mass is 586 g/mol. The van der Waals surface area contributed by atoms with Crippen LogP contribution in [0, 0.1) is 0 Å². The van der Waals surface area contributed by atoms with Gasteiger partial charge >= 0.3 is 0 Å². The first kappa shape index (κ1) is 33.7. The molecular formula is C37H50N2O4. The minimum absolute atomic E-state index is 0.0243. The van der Waals surface area contributed by atoms with Crippen LogP contribution in [0.5, 0.6) is 11.5 Å². The van der Waals surface area contributed by atoms with Gasteiger partial charge in [-0.05, 0) is 70.3 Å². The first-order valence-electron chi connectivity index (χ1n) is 15.5. The molecular weight excluding hydrogens is 536 g/mol. The summed E-state index contributed by atoms with van der Waals surface area (Å²) in [4.78, 5) is 26.9. The highest BCUT2D eigenvalue weighted by Gasteiger charge is 2.22.